The van der Waals surface area contributed by atoms with Gasteiger partial charge in [0.15, 0.2) is 5.96 Å². The molecule has 0 aliphatic heterocycles. The second-order valence-corrected chi connectivity index (χ2v) is 7.55. The van der Waals surface area contributed by atoms with E-state index in [1.165, 1.54) is 18.4 Å². The second-order valence-electron chi connectivity index (χ2n) is 7.55. The Bertz CT molecular complexity index is 672. The third-order valence-electron chi connectivity index (χ3n) is 4.81. The Morgan fingerprint density at radius 2 is 1.89 bits per heavy atom. The van der Waals surface area contributed by atoms with Crippen LogP contribution >= 0.6 is 24.0 Å². The minimum atomic E-state index is 0. The Morgan fingerprint density at radius 1 is 1.14 bits per heavy atom. The van der Waals surface area contributed by atoms with Crippen molar-refractivity contribution in [2.45, 2.75) is 46.1 Å². The van der Waals surface area contributed by atoms with Gasteiger partial charge in [0.25, 0.3) is 0 Å². The number of guanidine groups is 1. The van der Waals surface area contributed by atoms with Crippen LogP contribution in [0.25, 0.3) is 0 Å². The molecule has 0 spiro atoms. The summed E-state index contributed by atoms with van der Waals surface area (Å²) in [5.41, 5.74) is 2.30. The molecule has 1 aromatic carbocycles. The molecule has 0 saturated heterocycles. The molecular weight excluding hydrogens is 467 g/mol. The van der Waals surface area contributed by atoms with E-state index < -0.39 is 0 Å². The van der Waals surface area contributed by atoms with Gasteiger partial charge >= 0.3 is 0 Å². The van der Waals surface area contributed by atoms with Gasteiger partial charge in [0.2, 0.25) is 5.91 Å². The topological polar surface area (TPSA) is 74.8 Å². The molecule has 0 bridgehead atoms. The maximum absolute atomic E-state index is 11.7. The molecule has 3 N–H and O–H groups in total. The largest absolute Gasteiger partial charge is 0.493 e. The maximum Gasteiger partial charge on any atom is 0.223 e. The summed E-state index contributed by atoms with van der Waals surface area (Å²) < 4.78 is 6.03. The first-order valence-corrected chi connectivity index (χ1v) is 10.2. The molecule has 0 aromatic heterocycles. The van der Waals surface area contributed by atoms with Crippen molar-refractivity contribution in [3.8, 4) is 5.75 Å². The van der Waals surface area contributed by atoms with Gasteiger partial charge < -0.3 is 20.7 Å². The van der Waals surface area contributed by atoms with Crippen LogP contribution in [0.3, 0.4) is 0 Å². The van der Waals surface area contributed by atoms with Gasteiger partial charge in [-0.3, -0.25) is 4.79 Å². The molecule has 2 fully saturated rings. The van der Waals surface area contributed by atoms with E-state index in [1.807, 2.05) is 6.92 Å². The summed E-state index contributed by atoms with van der Waals surface area (Å²) >= 11 is 0. The Morgan fingerprint density at radius 3 is 2.57 bits per heavy atom. The van der Waals surface area contributed by atoms with E-state index in [1.54, 1.807) is 0 Å². The lowest BCUT2D eigenvalue weighted by atomic mass is 10.1. The van der Waals surface area contributed by atoms with Crippen molar-refractivity contribution in [1.29, 1.82) is 0 Å². The normalized spacial score (nSPS) is 16.1. The van der Waals surface area contributed by atoms with Crippen molar-refractivity contribution >= 4 is 35.8 Å². The summed E-state index contributed by atoms with van der Waals surface area (Å²) in [6.45, 7) is 7.55. The molecule has 156 valence electrons. The molecule has 0 radical (unpaired) electrons. The molecule has 7 heteroatoms. The Balaban J connectivity index is 0.00000280. The number of hydrogen-bond donors (Lipinski definition) is 3. The van der Waals surface area contributed by atoms with Crippen molar-refractivity contribution in [2.24, 2.45) is 16.8 Å². The van der Waals surface area contributed by atoms with E-state index in [-0.39, 0.29) is 35.8 Å². The van der Waals surface area contributed by atoms with E-state index in [4.69, 9.17) is 4.74 Å². The lowest BCUT2D eigenvalue weighted by molar-refractivity contribution is -0.122. The predicted octanol–water partition coefficient (Wildman–Crippen LogP) is 2.98. The number of aliphatic imine (C=N–C) groups is 1. The van der Waals surface area contributed by atoms with Gasteiger partial charge in [-0.2, -0.15) is 0 Å². The lowest BCUT2D eigenvalue weighted by Crippen LogP contribution is -2.41. The van der Waals surface area contributed by atoms with Gasteiger partial charge in [0, 0.05) is 31.1 Å². The molecule has 1 amide bonds. The Labute approximate surface area is 185 Å². The van der Waals surface area contributed by atoms with Gasteiger partial charge in [-0.05, 0) is 57.1 Å². The van der Waals surface area contributed by atoms with E-state index in [2.05, 4.69) is 46.1 Å². The van der Waals surface area contributed by atoms with E-state index >= 15 is 0 Å². The average molecular weight is 500 g/mol. The number of ether oxygens (including phenoxy) is 1. The molecular formula is C21H33IN4O2. The summed E-state index contributed by atoms with van der Waals surface area (Å²) in [4.78, 5) is 16.3. The summed E-state index contributed by atoms with van der Waals surface area (Å²) in [7, 11) is 0. The number of halogens is 1. The van der Waals surface area contributed by atoms with Gasteiger partial charge in [-0.25, -0.2) is 4.99 Å². The summed E-state index contributed by atoms with van der Waals surface area (Å²) in [6.07, 6.45) is 4.63. The minimum absolute atomic E-state index is 0. The van der Waals surface area contributed by atoms with E-state index in [0.29, 0.717) is 19.6 Å². The molecule has 2 aliphatic rings. The number of aryl methyl sites for hydroxylation is 1. The molecule has 0 unspecified atom stereocenters. The SMILES string of the molecule is CCNC(=NCc1ccc(C)cc1OCC1CC1)NCCNC(=O)C1CC1.I. The number of carbonyl (C=O) groups is 1. The number of benzene rings is 1. The third kappa shape index (κ3) is 7.85. The zero-order valence-electron chi connectivity index (χ0n) is 16.9. The van der Waals surface area contributed by atoms with Crippen molar-refractivity contribution < 1.29 is 9.53 Å². The Hall–Kier alpha value is -1.51. The van der Waals surface area contributed by atoms with Crippen LogP contribution in [0, 0.1) is 18.8 Å². The van der Waals surface area contributed by atoms with Crippen molar-refractivity contribution in [2.75, 3.05) is 26.2 Å². The first-order chi connectivity index (χ1) is 13.2. The molecule has 2 aliphatic carbocycles. The highest BCUT2D eigenvalue weighted by atomic mass is 127. The van der Waals surface area contributed by atoms with Crippen molar-refractivity contribution in [3.05, 3.63) is 29.3 Å². The fraction of sp³-hybridized carbons (Fsp3) is 0.619. The molecule has 0 heterocycles. The quantitative estimate of drug-likeness (QED) is 0.200. The van der Waals surface area contributed by atoms with Crippen LogP contribution in [0.1, 0.15) is 43.7 Å². The predicted molar refractivity (Wildman–Crippen MR) is 123 cm³/mol. The highest BCUT2D eigenvalue weighted by Crippen LogP contribution is 2.31. The van der Waals surface area contributed by atoms with Crippen molar-refractivity contribution in [3.63, 3.8) is 0 Å². The van der Waals surface area contributed by atoms with Crippen LogP contribution < -0.4 is 20.7 Å². The Kier molecular flexibility index (Phi) is 9.34. The summed E-state index contributed by atoms with van der Waals surface area (Å²) in [5, 5.41) is 9.49. The van der Waals surface area contributed by atoms with E-state index in [0.717, 1.165) is 49.2 Å². The highest BCUT2D eigenvalue weighted by Gasteiger charge is 2.29. The second kappa shape index (κ2) is 11.5. The molecule has 6 nitrogen and oxygen atoms in total. The fourth-order valence-corrected chi connectivity index (χ4v) is 2.78. The minimum Gasteiger partial charge on any atom is -0.493 e. The molecule has 3 rings (SSSR count). The van der Waals surface area contributed by atoms with Crippen LogP contribution in [-0.4, -0.2) is 38.1 Å². The molecule has 0 atom stereocenters. The lowest BCUT2D eigenvalue weighted by Gasteiger charge is -2.14. The average Bonchev–Trinajstić information content (AvgIpc) is 3.55. The summed E-state index contributed by atoms with van der Waals surface area (Å²) in [6, 6.07) is 6.30. The molecule has 2 saturated carbocycles. The van der Waals surface area contributed by atoms with Crippen LogP contribution in [0.5, 0.6) is 5.75 Å². The van der Waals surface area contributed by atoms with Crippen LogP contribution in [0.2, 0.25) is 0 Å². The van der Waals surface area contributed by atoms with Crippen LogP contribution in [0.15, 0.2) is 23.2 Å². The monoisotopic (exact) mass is 500 g/mol. The smallest absolute Gasteiger partial charge is 0.223 e. The number of nitrogens with one attached hydrogen (secondary N) is 3. The number of nitrogens with zero attached hydrogens (tertiary/aromatic N) is 1. The first-order valence-electron chi connectivity index (χ1n) is 10.2. The number of rotatable bonds is 10. The van der Waals surface area contributed by atoms with Gasteiger partial charge in [-0.1, -0.05) is 12.1 Å². The maximum atomic E-state index is 11.7. The molecule has 28 heavy (non-hydrogen) atoms. The fourth-order valence-electron chi connectivity index (χ4n) is 2.78. The summed E-state index contributed by atoms with van der Waals surface area (Å²) in [5.74, 6) is 2.86. The highest BCUT2D eigenvalue weighted by molar-refractivity contribution is 14.0. The number of amides is 1. The van der Waals surface area contributed by atoms with Gasteiger partial charge in [0.05, 0.1) is 13.2 Å². The zero-order valence-corrected chi connectivity index (χ0v) is 19.3. The third-order valence-corrected chi connectivity index (χ3v) is 4.81. The standard InChI is InChI=1S/C21H32N4O2.HI/c1-3-22-21(24-11-10-23-20(26)17-8-9-17)25-13-18-7-4-15(2)12-19(18)27-14-16-5-6-16;/h4,7,12,16-17H,3,5-6,8-11,13-14H2,1-2H3,(H,23,26)(H2,22,24,25);1H. The first kappa shape index (κ1) is 22.8. The molecule has 1 aromatic rings. The van der Waals surface area contributed by atoms with Gasteiger partial charge in [-0.15, -0.1) is 24.0 Å². The van der Waals surface area contributed by atoms with Crippen LogP contribution in [-0.2, 0) is 11.3 Å². The number of hydrogen-bond acceptors (Lipinski definition) is 3. The van der Waals surface area contributed by atoms with Crippen molar-refractivity contribution in [1.82, 2.24) is 16.0 Å². The number of carbonyl (C=O) groups excluding carboxylic acids is 1. The van der Waals surface area contributed by atoms with E-state index in [9.17, 15) is 4.79 Å². The zero-order chi connectivity index (χ0) is 19.1. The van der Waals surface area contributed by atoms with Gasteiger partial charge in [0.1, 0.15) is 5.75 Å². The van der Waals surface area contributed by atoms with Crippen LogP contribution in [0.4, 0.5) is 0 Å².